The maximum Gasteiger partial charge on any atom is 0.127 e. The maximum atomic E-state index is 5.76. The van der Waals surface area contributed by atoms with Crippen LogP contribution in [0, 0.1) is 6.92 Å². The van der Waals surface area contributed by atoms with Gasteiger partial charge in [-0.2, -0.15) is 0 Å². The molecule has 0 radical (unpaired) electrons. The number of rotatable bonds is 5. The number of hydrogen-bond donors (Lipinski definition) is 0. The quantitative estimate of drug-likeness (QED) is 0.546. The molecule has 0 aliphatic rings. The smallest absolute Gasteiger partial charge is 0.127 e. The van der Waals surface area contributed by atoms with Gasteiger partial charge in [-0.3, -0.25) is 0 Å². The van der Waals surface area contributed by atoms with Gasteiger partial charge in [0.2, 0.25) is 0 Å². The van der Waals surface area contributed by atoms with Crippen molar-refractivity contribution >= 4 is 11.8 Å². The van der Waals surface area contributed by atoms with Gasteiger partial charge in [-0.15, -0.1) is 18.3 Å². The first-order valence-electron chi connectivity index (χ1n) is 5.86. The molecule has 0 saturated carbocycles. The van der Waals surface area contributed by atoms with Gasteiger partial charge in [0, 0.05) is 10.6 Å². The molecule has 0 saturated heterocycles. The molecule has 2 aromatic rings. The SMILES string of the molecule is C=CCSc1ccc(Oc2ccc(C)cc2)cc1. The molecule has 0 aromatic heterocycles. The van der Waals surface area contributed by atoms with E-state index in [2.05, 4.69) is 25.6 Å². The van der Waals surface area contributed by atoms with Crippen molar-refractivity contribution in [3.05, 3.63) is 66.7 Å². The highest BCUT2D eigenvalue weighted by atomic mass is 32.2. The van der Waals surface area contributed by atoms with Crippen LogP contribution in [0.3, 0.4) is 0 Å². The van der Waals surface area contributed by atoms with Crippen LogP contribution in [0.1, 0.15) is 5.56 Å². The Balaban J connectivity index is 2.01. The average molecular weight is 256 g/mol. The van der Waals surface area contributed by atoms with Crippen molar-refractivity contribution in [3.63, 3.8) is 0 Å². The zero-order chi connectivity index (χ0) is 12.8. The first-order chi connectivity index (χ1) is 8.78. The second-order valence-electron chi connectivity index (χ2n) is 3.99. The Kier molecular flexibility index (Phi) is 4.48. The monoisotopic (exact) mass is 256 g/mol. The lowest BCUT2D eigenvalue weighted by Crippen LogP contribution is -1.84. The highest BCUT2D eigenvalue weighted by Gasteiger charge is 1.98. The van der Waals surface area contributed by atoms with E-state index in [4.69, 9.17) is 4.74 Å². The van der Waals surface area contributed by atoms with E-state index in [0.29, 0.717) is 0 Å². The lowest BCUT2D eigenvalue weighted by atomic mass is 10.2. The van der Waals surface area contributed by atoms with Gasteiger partial charge < -0.3 is 4.74 Å². The van der Waals surface area contributed by atoms with Crippen molar-refractivity contribution < 1.29 is 4.74 Å². The minimum Gasteiger partial charge on any atom is -0.457 e. The highest BCUT2D eigenvalue weighted by molar-refractivity contribution is 7.99. The van der Waals surface area contributed by atoms with Gasteiger partial charge >= 0.3 is 0 Å². The van der Waals surface area contributed by atoms with Crippen molar-refractivity contribution in [2.24, 2.45) is 0 Å². The van der Waals surface area contributed by atoms with Crippen LogP contribution in [0.15, 0.2) is 66.1 Å². The number of ether oxygens (including phenoxy) is 1. The van der Waals surface area contributed by atoms with Crippen molar-refractivity contribution in [1.29, 1.82) is 0 Å². The van der Waals surface area contributed by atoms with Crippen LogP contribution in [0.4, 0.5) is 0 Å². The van der Waals surface area contributed by atoms with Crippen LogP contribution in [0.2, 0.25) is 0 Å². The molecule has 0 bridgehead atoms. The molecule has 2 heteroatoms. The molecular formula is C16H16OS. The third-order valence-electron chi connectivity index (χ3n) is 2.45. The zero-order valence-electron chi connectivity index (χ0n) is 10.4. The molecule has 92 valence electrons. The molecule has 1 nitrogen and oxygen atoms in total. The van der Waals surface area contributed by atoms with Crippen molar-refractivity contribution in [2.75, 3.05) is 5.75 Å². The fourth-order valence-electron chi connectivity index (χ4n) is 1.50. The minimum atomic E-state index is 0.863. The maximum absolute atomic E-state index is 5.76. The number of hydrogen-bond acceptors (Lipinski definition) is 2. The molecule has 18 heavy (non-hydrogen) atoms. The highest BCUT2D eigenvalue weighted by Crippen LogP contribution is 2.25. The second-order valence-corrected chi connectivity index (χ2v) is 5.08. The van der Waals surface area contributed by atoms with Crippen molar-refractivity contribution in [3.8, 4) is 11.5 Å². The number of benzene rings is 2. The summed E-state index contributed by atoms with van der Waals surface area (Å²) < 4.78 is 5.76. The van der Waals surface area contributed by atoms with Crippen LogP contribution < -0.4 is 4.74 Å². The van der Waals surface area contributed by atoms with Gasteiger partial charge in [-0.05, 0) is 43.3 Å². The summed E-state index contributed by atoms with van der Waals surface area (Å²) >= 11 is 1.76. The number of thioether (sulfide) groups is 1. The lowest BCUT2D eigenvalue weighted by molar-refractivity contribution is 0.482. The van der Waals surface area contributed by atoms with Crippen LogP contribution >= 0.6 is 11.8 Å². The van der Waals surface area contributed by atoms with E-state index < -0.39 is 0 Å². The Bertz CT molecular complexity index is 500. The molecule has 2 aromatic carbocycles. The van der Waals surface area contributed by atoms with E-state index in [0.717, 1.165) is 17.3 Å². The fourth-order valence-corrected chi connectivity index (χ4v) is 2.14. The largest absolute Gasteiger partial charge is 0.457 e. The predicted molar refractivity (Wildman–Crippen MR) is 78.6 cm³/mol. The zero-order valence-corrected chi connectivity index (χ0v) is 11.2. The summed E-state index contributed by atoms with van der Waals surface area (Å²) in [5.41, 5.74) is 1.23. The minimum absolute atomic E-state index is 0.863. The summed E-state index contributed by atoms with van der Waals surface area (Å²) in [4.78, 5) is 1.23. The van der Waals surface area contributed by atoms with E-state index in [1.165, 1.54) is 10.5 Å². The summed E-state index contributed by atoms with van der Waals surface area (Å²) in [6.45, 7) is 5.78. The molecule has 0 amide bonds. The van der Waals surface area contributed by atoms with Gasteiger partial charge in [-0.25, -0.2) is 0 Å². The van der Waals surface area contributed by atoms with Crippen LogP contribution in [-0.4, -0.2) is 5.75 Å². The molecule has 0 atom stereocenters. The summed E-state index contributed by atoms with van der Waals surface area (Å²) in [7, 11) is 0. The van der Waals surface area contributed by atoms with Gasteiger partial charge in [-0.1, -0.05) is 23.8 Å². The fraction of sp³-hybridized carbons (Fsp3) is 0.125. The van der Waals surface area contributed by atoms with Crippen LogP contribution in [0.5, 0.6) is 11.5 Å². The van der Waals surface area contributed by atoms with Gasteiger partial charge in [0.05, 0.1) is 0 Å². The molecule has 0 N–H and O–H groups in total. The van der Waals surface area contributed by atoms with Gasteiger partial charge in [0.25, 0.3) is 0 Å². The van der Waals surface area contributed by atoms with Crippen LogP contribution in [0.25, 0.3) is 0 Å². The molecule has 2 rings (SSSR count). The molecular weight excluding hydrogens is 240 g/mol. The lowest BCUT2D eigenvalue weighted by Gasteiger charge is -2.06. The normalized spacial score (nSPS) is 10.1. The van der Waals surface area contributed by atoms with Crippen molar-refractivity contribution in [2.45, 2.75) is 11.8 Å². The van der Waals surface area contributed by atoms with Crippen molar-refractivity contribution in [1.82, 2.24) is 0 Å². The Labute approximate surface area is 112 Å². The second kappa shape index (κ2) is 6.31. The number of aryl methyl sites for hydroxylation is 1. The standard InChI is InChI=1S/C16H16OS/c1-3-12-18-16-10-8-15(9-11-16)17-14-6-4-13(2)5-7-14/h3-11H,1,12H2,2H3. The molecule has 0 aliphatic heterocycles. The summed E-state index contributed by atoms with van der Waals surface area (Å²) in [5.74, 6) is 2.66. The Morgan fingerprint density at radius 1 is 1.00 bits per heavy atom. The molecule has 0 aliphatic carbocycles. The molecule has 0 unspecified atom stereocenters. The average Bonchev–Trinajstić information content (AvgIpc) is 2.41. The summed E-state index contributed by atoms with van der Waals surface area (Å²) in [5, 5.41) is 0. The Morgan fingerprint density at radius 3 is 2.11 bits per heavy atom. The molecule has 0 heterocycles. The Hall–Kier alpha value is -1.67. The van der Waals surface area contributed by atoms with E-state index in [9.17, 15) is 0 Å². The topological polar surface area (TPSA) is 9.23 Å². The Morgan fingerprint density at radius 2 is 1.56 bits per heavy atom. The third kappa shape index (κ3) is 3.67. The van der Waals surface area contributed by atoms with Crippen LogP contribution in [-0.2, 0) is 0 Å². The third-order valence-corrected chi connectivity index (χ3v) is 3.46. The van der Waals surface area contributed by atoms with Gasteiger partial charge in [0.1, 0.15) is 11.5 Å². The summed E-state index contributed by atoms with van der Waals surface area (Å²) in [6.07, 6.45) is 1.90. The van der Waals surface area contributed by atoms with E-state index in [1.54, 1.807) is 11.8 Å². The first kappa shape index (κ1) is 12.8. The predicted octanol–water partition coefficient (Wildman–Crippen LogP) is 5.07. The van der Waals surface area contributed by atoms with E-state index in [-0.39, 0.29) is 0 Å². The van der Waals surface area contributed by atoms with Gasteiger partial charge in [0.15, 0.2) is 0 Å². The molecule has 0 spiro atoms. The van der Waals surface area contributed by atoms with E-state index in [1.807, 2.05) is 42.5 Å². The summed E-state index contributed by atoms with van der Waals surface area (Å²) in [6, 6.07) is 16.2. The van der Waals surface area contributed by atoms with E-state index >= 15 is 0 Å². The molecule has 0 fully saturated rings. The first-order valence-corrected chi connectivity index (χ1v) is 6.85.